The molecule has 0 aliphatic heterocycles. The molecule has 0 saturated carbocycles. The van der Waals surface area contributed by atoms with Crippen LogP contribution in [0.25, 0.3) is 0 Å². The van der Waals surface area contributed by atoms with Crippen molar-refractivity contribution in [2.75, 3.05) is 6.67 Å². The molecule has 0 bridgehead atoms. The molecule has 0 radical (unpaired) electrons. The summed E-state index contributed by atoms with van der Waals surface area (Å²) in [6.45, 7) is 0.333. The fourth-order valence-electron chi connectivity index (χ4n) is 2.15. The third-order valence-electron chi connectivity index (χ3n) is 3.59. The van der Waals surface area contributed by atoms with Gasteiger partial charge < -0.3 is 4.80 Å². The lowest BCUT2D eigenvalue weighted by molar-refractivity contribution is -0.211. The average Bonchev–Trinajstić information content (AvgIpc) is 2.37. The van der Waals surface area contributed by atoms with Gasteiger partial charge in [-0.1, -0.05) is 44.2 Å². The molecule has 114 valence electrons. The molecule has 1 aromatic rings. The summed E-state index contributed by atoms with van der Waals surface area (Å²) in [5.74, 6) is 0. The van der Waals surface area contributed by atoms with Gasteiger partial charge in [-0.3, -0.25) is 0 Å². The molecule has 0 aliphatic carbocycles. The minimum atomic E-state index is -5.43. The molecule has 0 fully saturated rings. The topological polar surface area (TPSA) is 20.2 Å². The molecule has 0 heterocycles. The van der Waals surface area contributed by atoms with E-state index in [1.165, 1.54) is 26.0 Å². The van der Waals surface area contributed by atoms with E-state index in [9.17, 15) is 26.7 Å². The Kier molecular flexibility index (Phi) is 4.97. The molecule has 0 spiro atoms. The monoisotopic (exact) mass is 312 g/mol. The Labute approximate surface area is 115 Å². The minimum Gasteiger partial charge on any atom is -0.428 e. The second-order valence-corrected chi connectivity index (χ2v) is 9.32. The Morgan fingerprint density at radius 3 is 1.95 bits per heavy atom. The van der Waals surface area contributed by atoms with Crippen LogP contribution < -0.4 is 0 Å². The van der Waals surface area contributed by atoms with E-state index in [1.807, 2.05) is 0 Å². The van der Waals surface area contributed by atoms with Crippen LogP contribution in [-0.2, 0) is 6.04 Å². The Hall–Kier alpha value is -0.953. The van der Waals surface area contributed by atoms with Crippen LogP contribution in [0.15, 0.2) is 30.3 Å². The van der Waals surface area contributed by atoms with Crippen molar-refractivity contribution in [2.24, 2.45) is 0 Å². The van der Waals surface area contributed by atoms with Crippen LogP contribution >= 0.6 is 0 Å². The van der Waals surface area contributed by atoms with Crippen LogP contribution in [0.4, 0.5) is 22.0 Å². The first kappa shape index (κ1) is 17.1. The van der Waals surface area contributed by atoms with Crippen LogP contribution in [-0.4, -0.2) is 31.3 Å². The predicted octanol–water partition coefficient (Wildman–Crippen LogP) is 3.90. The molecule has 20 heavy (non-hydrogen) atoms. The predicted molar refractivity (Wildman–Crippen MR) is 69.1 cm³/mol. The van der Waals surface area contributed by atoms with Gasteiger partial charge in [-0.2, -0.15) is 13.2 Å². The van der Waals surface area contributed by atoms with Gasteiger partial charge in [0.25, 0.3) is 0 Å². The van der Waals surface area contributed by atoms with Crippen molar-refractivity contribution in [3.8, 4) is 0 Å². The fraction of sp³-hybridized carbons (Fsp3) is 0.538. The van der Waals surface area contributed by atoms with Gasteiger partial charge in [0.2, 0.25) is 13.6 Å². The number of halogens is 5. The molecule has 0 saturated heterocycles. The second kappa shape index (κ2) is 5.81. The van der Waals surface area contributed by atoms with Crippen LogP contribution in [0.3, 0.4) is 0 Å². The molecule has 0 aliphatic rings. The summed E-state index contributed by atoms with van der Waals surface area (Å²) >= 11 is 0. The van der Waals surface area contributed by atoms with Crippen LogP contribution in [0, 0.1) is 0 Å². The lowest BCUT2D eigenvalue weighted by atomic mass is 10.2. The van der Waals surface area contributed by atoms with Gasteiger partial charge in [0.15, 0.2) is 0 Å². The summed E-state index contributed by atoms with van der Waals surface area (Å²) in [5.41, 5.74) is -0.611. The zero-order valence-corrected chi connectivity index (χ0v) is 12.2. The lowest BCUT2D eigenvalue weighted by Crippen LogP contribution is -2.68. The maximum Gasteiger partial charge on any atom is 0.424 e. The van der Waals surface area contributed by atoms with Gasteiger partial charge in [-0.05, 0) is 17.1 Å². The quantitative estimate of drug-likeness (QED) is 0.646. The highest BCUT2D eigenvalue weighted by molar-refractivity contribution is 6.76. The van der Waals surface area contributed by atoms with Crippen molar-refractivity contribution in [1.29, 1.82) is 0 Å². The van der Waals surface area contributed by atoms with Crippen molar-refractivity contribution >= 4 is 8.32 Å². The summed E-state index contributed by atoms with van der Waals surface area (Å²) in [6.07, 6.45) is -5.43. The molecule has 1 N–H and O–H groups in total. The number of rotatable bonds is 5. The first-order valence-electron chi connectivity index (χ1n) is 6.16. The van der Waals surface area contributed by atoms with E-state index in [1.54, 1.807) is 18.2 Å². The second-order valence-electron chi connectivity index (χ2n) is 5.17. The molecule has 1 nitrogen and oxygen atoms in total. The third kappa shape index (κ3) is 2.88. The SMILES string of the molecule is CC(C)[Si](O)(Cc1ccccc1)C(F)(CF)C(F)(F)F. The average molecular weight is 312 g/mol. The zero-order chi connectivity index (χ0) is 15.6. The van der Waals surface area contributed by atoms with Gasteiger partial charge in [-0.15, -0.1) is 0 Å². The lowest BCUT2D eigenvalue weighted by Gasteiger charge is -2.41. The molecule has 0 aromatic heterocycles. The Balaban J connectivity index is 3.27. The van der Waals surface area contributed by atoms with E-state index in [2.05, 4.69) is 0 Å². The highest BCUT2D eigenvalue weighted by atomic mass is 28.4. The summed E-state index contributed by atoms with van der Waals surface area (Å²) in [5, 5.41) is -4.16. The van der Waals surface area contributed by atoms with Crippen LogP contribution in [0.2, 0.25) is 5.54 Å². The van der Waals surface area contributed by atoms with E-state index in [0.717, 1.165) is 0 Å². The Bertz CT molecular complexity index is 436. The van der Waals surface area contributed by atoms with E-state index in [4.69, 9.17) is 0 Å². The molecule has 2 unspecified atom stereocenters. The van der Waals surface area contributed by atoms with Crippen LogP contribution in [0.1, 0.15) is 19.4 Å². The normalized spacial score (nSPS) is 18.6. The van der Waals surface area contributed by atoms with Gasteiger partial charge >= 0.3 is 6.18 Å². The van der Waals surface area contributed by atoms with Gasteiger partial charge in [0.1, 0.15) is 6.67 Å². The van der Waals surface area contributed by atoms with Crippen molar-refractivity contribution in [2.45, 2.75) is 36.9 Å². The molecule has 1 aromatic carbocycles. The summed E-state index contributed by atoms with van der Waals surface area (Å²) in [4.78, 5) is 10.4. The van der Waals surface area contributed by atoms with Gasteiger partial charge in [0, 0.05) is 0 Å². The number of benzene rings is 1. The Morgan fingerprint density at radius 1 is 1.10 bits per heavy atom. The van der Waals surface area contributed by atoms with Crippen molar-refractivity contribution in [3.63, 3.8) is 0 Å². The maximum absolute atomic E-state index is 14.3. The molecule has 1 rings (SSSR count). The summed E-state index contributed by atoms with van der Waals surface area (Å²) in [7, 11) is -4.62. The molecule has 2 atom stereocenters. The first-order valence-corrected chi connectivity index (χ1v) is 8.39. The number of hydrogen-bond donors (Lipinski definition) is 1. The van der Waals surface area contributed by atoms with E-state index in [0.29, 0.717) is 5.56 Å². The smallest absolute Gasteiger partial charge is 0.424 e. The molecule has 7 heteroatoms. The zero-order valence-electron chi connectivity index (χ0n) is 11.2. The molecule has 0 amide bonds. The first-order chi connectivity index (χ1) is 9.08. The van der Waals surface area contributed by atoms with Crippen molar-refractivity contribution < 1.29 is 26.7 Å². The molecular weight excluding hydrogens is 295 g/mol. The van der Waals surface area contributed by atoms with E-state index >= 15 is 0 Å². The third-order valence-corrected chi connectivity index (χ3v) is 8.24. The fourth-order valence-corrected chi connectivity index (χ4v) is 5.33. The van der Waals surface area contributed by atoms with E-state index < -0.39 is 38.0 Å². The van der Waals surface area contributed by atoms with Crippen LogP contribution in [0.5, 0.6) is 0 Å². The largest absolute Gasteiger partial charge is 0.428 e. The number of hydrogen-bond acceptors (Lipinski definition) is 1. The standard InChI is InChI=1S/C13H17F5OSi/c1-10(2)20(19,8-11-6-4-3-5-7-11)12(15,9-14)13(16,17)18/h3-7,10,19H,8-9H2,1-2H3. The van der Waals surface area contributed by atoms with Gasteiger partial charge in [0.05, 0.1) is 0 Å². The van der Waals surface area contributed by atoms with Gasteiger partial charge in [-0.25, -0.2) is 8.78 Å². The summed E-state index contributed by atoms with van der Waals surface area (Å²) in [6, 6.07) is 7.32. The highest BCUT2D eigenvalue weighted by Crippen LogP contribution is 2.46. The minimum absolute atomic E-state index is 0.370. The highest BCUT2D eigenvalue weighted by Gasteiger charge is 2.71. The Morgan fingerprint density at radius 2 is 1.60 bits per heavy atom. The molecular formula is C13H17F5OSi. The number of alkyl halides is 5. The summed E-state index contributed by atoms with van der Waals surface area (Å²) < 4.78 is 66.0. The van der Waals surface area contributed by atoms with Crippen molar-refractivity contribution in [1.82, 2.24) is 0 Å². The maximum atomic E-state index is 14.3. The van der Waals surface area contributed by atoms with E-state index in [-0.39, 0.29) is 0 Å². The van der Waals surface area contributed by atoms with Crippen molar-refractivity contribution in [3.05, 3.63) is 35.9 Å².